The Morgan fingerprint density at radius 1 is 1.19 bits per heavy atom. The summed E-state index contributed by atoms with van der Waals surface area (Å²) in [4.78, 5) is 44.1. The van der Waals surface area contributed by atoms with Crippen LogP contribution >= 0.6 is 0 Å². The highest BCUT2D eigenvalue weighted by Gasteiger charge is 2.71. The summed E-state index contributed by atoms with van der Waals surface area (Å²) in [7, 11) is -5.60. The molecule has 1 spiro atoms. The van der Waals surface area contributed by atoms with E-state index in [0.717, 1.165) is 17.0 Å². The minimum Gasteiger partial charge on any atom is -0.447 e. The molecule has 14 heteroatoms. The highest BCUT2D eigenvalue weighted by molar-refractivity contribution is 7.92. The summed E-state index contributed by atoms with van der Waals surface area (Å²) in [6, 6.07) is 3.92. The number of anilines is 3. The van der Waals surface area contributed by atoms with Crippen LogP contribution in [0.5, 0.6) is 0 Å². The number of halogens is 3. The monoisotopic (exact) mass is 526 g/mol. The number of carbonyl (C=O) groups is 3. The maximum atomic E-state index is 13.5. The first-order chi connectivity index (χ1) is 16.7. The number of carbonyl (C=O) groups excluding carboxylic acids is 3. The fourth-order valence-corrected chi connectivity index (χ4v) is 4.91. The molecule has 4 amide bonds. The number of ether oxygens (including phenoxy) is 1. The molecular weight excluding hydrogens is 505 g/mol. The van der Waals surface area contributed by atoms with Crippen molar-refractivity contribution in [2.75, 3.05) is 15.1 Å². The number of nitrogens with zero attached hydrogens (tertiary/aromatic N) is 3. The van der Waals surface area contributed by atoms with E-state index in [1.807, 2.05) is 0 Å². The van der Waals surface area contributed by atoms with Crippen molar-refractivity contribution < 1.29 is 40.7 Å². The standard InChI is InChI=1S/C22H21F3N4O6S/c1-12(2)35-19(31)27-16-11-26-9-8-17(16)29-20(32)28(18(30)21(29)10-13(21)3)14-4-6-15(7-5-14)36(33,34)22(23,24)25/h4-9,11-13H,10H2,1-3H3,(H,27,31). The highest BCUT2D eigenvalue weighted by atomic mass is 32.2. The van der Waals surface area contributed by atoms with Gasteiger partial charge in [-0.3, -0.25) is 20.0 Å². The van der Waals surface area contributed by atoms with E-state index in [1.165, 1.54) is 23.4 Å². The van der Waals surface area contributed by atoms with Crippen LogP contribution in [0.4, 0.5) is 39.8 Å². The average molecular weight is 526 g/mol. The number of urea groups is 1. The van der Waals surface area contributed by atoms with E-state index in [4.69, 9.17) is 4.74 Å². The largest absolute Gasteiger partial charge is 0.501 e. The van der Waals surface area contributed by atoms with Gasteiger partial charge in [0.1, 0.15) is 5.54 Å². The van der Waals surface area contributed by atoms with Gasteiger partial charge >= 0.3 is 17.6 Å². The van der Waals surface area contributed by atoms with E-state index in [-0.39, 0.29) is 23.0 Å². The van der Waals surface area contributed by atoms with Gasteiger partial charge in [-0.1, -0.05) is 6.92 Å². The third-order valence-corrected chi connectivity index (χ3v) is 7.46. The van der Waals surface area contributed by atoms with Gasteiger partial charge in [0, 0.05) is 6.20 Å². The van der Waals surface area contributed by atoms with E-state index in [9.17, 15) is 36.0 Å². The van der Waals surface area contributed by atoms with Gasteiger partial charge in [-0.15, -0.1) is 0 Å². The number of rotatable bonds is 5. The third kappa shape index (κ3) is 3.94. The van der Waals surface area contributed by atoms with Crippen molar-refractivity contribution in [1.29, 1.82) is 0 Å². The van der Waals surface area contributed by atoms with Crippen LogP contribution in [-0.2, 0) is 19.4 Å². The van der Waals surface area contributed by atoms with Gasteiger partial charge in [-0.2, -0.15) is 13.2 Å². The van der Waals surface area contributed by atoms with Crippen LogP contribution in [0.1, 0.15) is 27.2 Å². The van der Waals surface area contributed by atoms with E-state index >= 15 is 0 Å². The first-order valence-corrected chi connectivity index (χ1v) is 12.2. The normalized spacial score (nSPS) is 21.9. The van der Waals surface area contributed by atoms with Crippen molar-refractivity contribution in [2.45, 2.75) is 49.2 Å². The Kier molecular flexibility index (Phi) is 5.98. The van der Waals surface area contributed by atoms with Crippen molar-refractivity contribution in [3.63, 3.8) is 0 Å². The maximum absolute atomic E-state index is 13.5. The van der Waals surface area contributed by atoms with Crippen LogP contribution in [0.25, 0.3) is 0 Å². The lowest BCUT2D eigenvalue weighted by Crippen LogP contribution is -2.39. The Balaban J connectivity index is 1.72. The van der Waals surface area contributed by atoms with Crippen molar-refractivity contribution >= 4 is 44.9 Å². The van der Waals surface area contributed by atoms with Crippen LogP contribution in [0.3, 0.4) is 0 Å². The Bertz CT molecular complexity index is 1350. The predicted octanol–water partition coefficient (Wildman–Crippen LogP) is 4.08. The molecule has 0 bridgehead atoms. The zero-order valence-electron chi connectivity index (χ0n) is 19.2. The topological polar surface area (TPSA) is 126 Å². The molecular formula is C22H21F3N4O6S. The van der Waals surface area contributed by atoms with Crippen LogP contribution in [0, 0.1) is 5.92 Å². The fourth-order valence-electron chi connectivity index (χ4n) is 4.15. The molecule has 2 aliphatic rings. The van der Waals surface area contributed by atoms with Gasteiger partial charge < -0.3 is 4.74 Å². The molecule has 1 aliphatic heterocycles. The number of imide groups is 1. The number of sulfone groups is 1. The summed E-state index contributed by atoms with van der Waals surface area (Å²) in [5, 5.41) is 2.51. The zero-order chi connectivity index (χ0) is 26.6. The van der Waals surface area contributed by atoms with E-state index in [0.29, 0.717) is 18.6 Å². The number of amides is 4. The second kappa shape index (κ2) is 8.47. The Labute approximate surface area is 204 Å². The molecule has 2 aromatic rings. The number of benzene rings is 1. The molecule has 1 N–H and O–H groups in total. The molecule has 2 atom stereocenters. The van der Waals surface area contributed by atoms with E-state index < -0.39 is 49.9 Å². The minimum atomic E-state index is -5.60. The van der Waals surface area contributed by atoms with Crippen molar-refractivity contribution in [2.24, 2.45) is 5.92 Å². The number of hydrogen-bond donors (Lipinski definition) is 1. The first kappa shape index (κ1) is 25.4. The number of hydrogen-bond acceptors (Lipinski definition) is 7. The summed E-state index contributed by atoms with van der Waals surface area (Å²) in [6.45, 7) is 5.05. The summed E-state index contributed by atoms with van der Waals surface area (Å²) < 4.78 is 67.0. The van der Waals surface area contributed by atoms with Gasteiger partial charge in [0.05, 0.1) is 34.3 Å². The molecule has 2 heterocycles. The van der Waals surface area contributed by atoms with Gasteiger partial charge in [0.2, 0.25) is 0 Å². The summed E-state index contributed by atoms with van der Waals surface area (Å²) in [6.07, 6.45) is 1.73. The molecule has 1 aliphatic carbocycles. The Morgan fingerprint density at radius 3 is 2.33 bits per heavy atom. The van der Waals surface area contributed by atoms with Crippen molar-refractivity contribution in [3.8, 4) is 0 Å². The van der Waals surface area contributed by atoms with E-state index in [2.05, 4.69) is 10.3 Å². The molecule has 192 valence electrons. The molecule has 1 saturated carbocycles. The van der Waals surface area contributed by atoms with E-state index in [1.54, 1.807) is 20.8 Å². The Morgan fingerprint density at radius 2 is 1.81 bits per heavy atom. The highest BCUT2D eigenvalue weighted by Crippen LogP contribution is 2.56. The number of pyridine rings is 1. The number of alkyl halides is 3. The van der Waals surface area contributed by atoms with Gasteiger partial charge in [0.25, 0.3) is 15.7 Å². The van der Waals surface area contributed by atoms with Gasteiger partial charge in [-0.25, -0.2) is 22.9 Å². The average Bonchev–Trinajstić information content (AvgIpc) is 3.39. The first-order valence-electron chi connectivity index (χ1n) is 10.7. The lowest BCUT2D eigenvalue weighted by molar-refractivity contribution is -0.119. The smallest absolute Gasteiger partial charge is 0.447 e. The molecule has 4 rings (SSSR count). The van der Waals surface area contributed by atoms with Gasteiger partial charge in [0.15, 0.2) is 0 Å². The summed E-state index contributed by atoms with van der Waals surface area (Å²) >= 11 is 0. The second-order valence-corrected chi connectivity index (χ2v) is 10.6. The van der Waals surface area contributed by atoms with Crippen molar-refractivity contribution in [1.82, 2.24) is 4.98 Å². The van der Waals surface area contributed by atoms with Crippen LogP contribution < -0.4 is 15.1 Å². The third-order valence-electron chi connectivity index (χ3n) is 5.96. The zero-order valence-corrected chi connectivity index (χ0v) is 20.1. The number of nitrogens with one attached hydrogen (secondary N) is 1. The molecule has 36 heavy (non-hydrogen) atoms. The lowest BCUT2D eigenvalue weighted by atomic mass is 10.1. The summed E-state index contributed by atoms with van der Waals surface area (Å²) in [5.74, 6) is -0.897. The SMILES string of the molecule is CC(C)OC(=O)Nc1cnccc1N1C(=O)N(c2ccc(S(=O)(=O)C(F)(F)F)cc2)C(=O)C12CC2C. The molecule has 1 aromatic carbocycles. The molecule has 10 nitrogen and oxygen atoms in total. The molecule has 1 saturated heterocycles. The number of aromatic nitrogens is 1. The van der Waals surface area contributed by atoms with Crippen LogP contribution in [-0.4, -0.2) is 48.6 Å². The predicted molar refractivity (Wildman–Crippen MR) is 121 cm³/mol. The second-order valence-electron chi connectivity index (χ2n) is 8.70. The lowest BCUT2D eigenvalue weighted by Gasteiger charge is -2.24. The van der Waals surface area contributed by atoms with Gasteiger partial charge in [-0.05, 0) is 56.5 Å². The molecule has 0 radical (unpaired) electrons. The molecule has 2 unspecified atom stereocenters. The molecule has 1 aromatic heterocycles. The Hall–Kier alpha value is -3.68. The van der Waals surface area contributed by atoms with Crippen LogP contribution in [0.2, 0.25) is 0 Å². The van der Waals surface area contributed by atoms with Crippen molar-refractivity contribution in [3.05, 3.63) is 42.7 Å². The minimum absolute atomic E-state index is 0.102. The summed E-state index contributed by atoms with van der Waals surface area (Å²) in [5.41, 5.74) is -6.61. The maximum Gasteiger partial charge on any atom is 0.501 e. The van der Waals surface area contributed by atoms with Crippen LogP contribution in [0.15, 0.2) is 47.6 Å². The quantitative estimate of drug-likeness (QED) is 0.582. The fraction of sp³-hybridized carbons (Fsp3) is 0.364. The molecule has 2 fully saturated rings.